The maximum Gasteiger partial charge on any atom is 0.0794 e. The summed E-state index contributed by atoms with van der Waals surface area (Å²) in [6, 6.07) is 2.24. The molecule has 0 aromatic rings. The summed E-state index contributed by atoms with van der Waals surface area (Å²) in [5.41, 5.74) is 0. The quantitative estimate of drug-likeness (QED) is 0.424. The van der Waals surface area contributed by atoms with Gasteiger partial charge < -0.3 is 4.48 Å². The zero-order chi connectivity index (χ0) is 11.6. The van der Waals surface area contributed by atoms with Crippen molar-refractivity contribution in [1.29, 1.82) is 5.26 Å². The molecule has 0 aliphatic heterocycles. The second kappa shape index (κ2) is 8.73. The Labute approximate surface area is 95.5 Å². The molecule has 0 aliphatic rings. The highest BCUT2D eigenvalue weighted by molar-refractivity contribution is 4.67. The van der Waals surface area contributed by atoms with Gasteiger partial charge in [-0.15, -0.1) is 0 Å². The number of hydrogen-bond acceptors (Lipinski definition) is 1. The van der Waals surface area contributed by atoms with E-state index in [4.69, 9.17) is 5.26 Å². The Kier molecular flexibility index (Phi) is 8.41. The highest BCUT2D eigenvalue weighted by Gasteiger charge is 2.19. The fraction of sp³-hybridized carbons (Fsp3) is 0.923. The van der Waals surface area contributed by atoms with Gasteiger partial charge in [0.05, 0.1) is 32.8 Å². The normalized spacial score (nSPS) is 11.3. The van der Waals surface area contributed by atoms with E-state index in [1.165, 1.54) is 49.8 Å². The molecule has 88 valence electrons. The summed E-state index contributed by atoms with van der Waals surface area (Å²) >= 11 is 0. The smallest absolute Gasteiger partial charge is 0.0794 e. The fourth-order valence-corrected chi connectivity index (χ4v) is 1.95. The first-order valence-corrected chi connectivity index (χ1v) is 6.39. The van der Waals surface area contributed by atoms with Crippen LogP contribution in [-0.2, 0) is 0 Å². The molecule has 0 rings (SSSR count). The van der Waals surface area contributed by atoms with Crippen LogP contribution in [0.5, 0.6) is 0 Å². The van der Waals surface area contributed by atoms with Crippen molar-refractivity contribution in [1.82, 2.24) is 0 Å². The van der Waals surface area contributed by atoms with Crippen molar-refractivity contribution in [3.05, 3.63) is 0 Å². The van der Waals surface area contributed by atoms with Crippen molar-refractivity contribution in [3.8, 4) is 6.07 Å². The number of unbranched alkanes of at least 4 members (excludes halogenated alkanes) is 3. The molecule has 0 N–H and O–H groups in total. The molecular weight excluding hydrogens is 184 g/mol. The highest BCUT2D eigenvalue weighted by atomic mass is 15.3. The third-order valence-corrected chi connectivity index (χ3v) is 3.09. The van der Waals surface area contributed by atoms with Crippen LogP contribution < -0.4 is 0 Å². The summed E-state index contributed by atoms with van der Waals surface area (Å²) in [7, 11) is 2.35. The average molecular weight is 211 g/mol. The van der Waals surface area contributed by atoms with E-state index < -0.39 is 0 Å². The predicted octanol–water partition coefficient (Wildman–Crippen LogP) is 3.34. The standard InChI is InChI=1S/C13H27N2/c1-4-6-11-15(3,12-7-5-2)13-9-8-10-14/h4-9,11-13H2,1-3H3/q+1. The lowest BCUT2D eigenvalue weighted by atomic mass is 10.2. The summed E-state index contributed by atoms with van der Waals surface area (Å²) in [6.07, 6.45) is 6.95. The van der Waals surface area contributed by atoms with Gasteiger partial charge in [-0.1, -0.05) is 26.7 Å². The molecule has 0 aromatic carbocycles. The molecule has 0 saturated heterocycles. The number of hydrogen-bond donors (Lipinski definition) is 0. The summed E-state index contributed by atoms with van der Waals surface area (Å²) in [5.74, 6) is 0. The Morgan fingerprint density at radius 2 is 1.40 bits per heavy atom. The Hall–Kier alpha value is -0.550. The maximum absolute atomic E-state index is 8.56. The van der Waals surface area contributed by atoms with Gasteiger partial charge in [0.15, 0.2) is 0 Å². The lowest BCUT2D eigenvalue weighted by molar-refractivity contribution is -0.910. The van der Waals surface area contributed by atoms with Crippen molar-refractivity contribution in [2.24, 2.45) is 0 Å². The van der Waals surface area contributed by atoms with E-state index in [2.05, 4.69) is 27.0 Å². The molecule has 0 fully saturated rings. The Morgan fingerprint density at radius 1 is 0.933 bits per heavy atom. The first-order chi connectivity index (χ1) is 7.18. The molecule has 0 radical (unpaired) electrons. The predicted molar refractivity (Wildman–Crippen MR) is 65.4 cm³/mol. The van der Waals surface area contributed by atoms with Crippen molar-refractivity contribution >= 4 is 0 Å². The molecule has 0 bridgehead atoms. The van der Waals surface area contributed by atoms with Gasteiger partial charge in [0.25, 0.3) is 0 Å². The summed E-state index contributed by atoms with van der Waals surface area (Å²) in [4.78, 5) is 0. The van der Waals surface area contributed by atoms with Crippen molar-refractivity contribution < 1.29 is 4.48 Å². The Bertz CT molecular complexity index is 173. The van der Waals surface area contributed by atoms with Gasteiger partial charge in [-0.3, -0.25) is 0 Å². The van der Waals surface area contributed by atoms with Gasteiger partial charge >= 0.3 is 0 Å². The Balaban J connectivity index is 3.96. The molecule has 0 spiro atoms. The third-order valence-electron chi connectivity index (χ3n) is 3.09. The zero-order valence-corrected chi connectivity index (χ0v) is 10.8. The van der Waals surface area contributed by atoms with Crippen LogP contribution in [0.1, 0.15) is 52.4 Å². The number of rotatable bonds is 9. The minimum Gasteiger partial charge on any atom is -0.326 e. The lowest BCUT2D eigenvalue weighted by Gasteiger charge is -2.34. The SMILES string of the molecule is CCCC[N+](C)(CCCC)CCCC#N. The van der Waals surface area contributed by atoms with E-state index in [0.717, 1.165) is 6.42 Å². The summed E-state index contributed by atoms with van der Waals surface area (Å²) < 4.78 is 1.17. The maximum atomic E-state index is 8.56. The fourth-order valence-electron chi connectivity index (χ4n) is 1.95. The molecule has 0 aromatic heterocycles. The molecule has 0 unspecified atom stereocenters. The lowest BCUT2D eigenvalue weighted by Crippen LogP contribution is -2.46. The largest absolute Gasteiger partial charge is 0.326 e. The van der Waals surface area contributed by atoms with Gasteiger partial charge in [0.1, 0.15) is 0 Å². The van der Waals surface area contributed by atoms with E-state index in [1.807, 2.05) is 0 Å². The van der Waals surface area contributed by atoms with Crippen molar-refractivity contribution in [2.45, 2.75) is 52.4 Å². The van der Waals surface area contributed by atoms with Crippen LogP contribution in [0.3, 0.4) is 0 Å². The molecule has 2 heteroatoms. The van der Waals surface area contributed by atoms with Crippen LogP contribution in [-0.4, -0.2) is 31.2 Å². The van der Waals surface area contributed by atoms with Gasteiger partial charge in [0, 0.05) is 12.8 Å². The van der Waals surface area contributed by atoms with E-state index in [1.54, 1.807) is 0 Å². The van der Waals surface area contributed by atoms with Crippen LogP contribution >= 0.6 is 0 Å². The zero-order valence-electron chi connectivity index (χ0n) is 10.8. The van der Waals surface area contributed by atoms with E-state index in [-0.39, 0.29) is 0 Å². The third kappa shape index (κ3) is 7.39. The average Bonchev–Trinajstić information content (AvgIpc) is 2.24. The van der Waals surface area contributed by atoms with Gasteiger partial charge in [-0.25, -0.2) is 0 Å². The van der Waals surface area contributed by atoms with Crippen LogP contribution in [0.2, 0.25) is 0 Å². The number of nitrogens with zero attached hydrogens (tertiary/aromatic N) is 2. The minimum absolute atomic E-state index is 0.714. The molecule has 0 heterocycles. The van der Waals surface area contributed by atoms with Crippen molar-refractivity contribution in [2.75, 3.05) is 26.7 Å². The molecule has 0 aliphatic carbocycles. The second-order valence-corrected chi connectivity index (χ2v) is 4.76. The molecule has 0 saturated carbocycles. The van der Waals surface area contributed by atoms with Crippen LogP contribution in [0, 0.1) is 11.3 Å². The summed E-state index contributed by atoms with van der Waals surface area (Å²) in [6.45, 7) is 8.23. The summed E-state index contributed by atoms with van der Waals surface area (Å²) in [5, 5.41) is 8.56. The first-order valence-electron chi connectivity index (χ1n) is 6.39. The van der Waals surface area contributed by atoms with E-state index in [9.17, 15) is 0 Å². The molecule has 0 atom stereocenters. The van der Waals surface area contributed by atoms with Crippen molar-refractivity contribution in [3.63, 3.8) is 0 Å². The van der Waals surface area contributed by atoms with Crippen LogP contribution in [0.25, 0.3) is 0 Å². The highest BCUT2D eigenvalue weighted by Crippen LogP contribution is 2.10. The van der Waals surface area contributed by atoms with Gasteiger partial charge in [0.2, 0.25) is 0 Å². The molecule has 2 nitrogen and oxygen atoms in total. The Morgan fingerprint density at radius 3 is 1.80 bits per heavy atom. The minimum atomic E-state index is 0.714. The van der Waals surface area contributed by atoms with Gasteiger partial charge in [-0.05, 0) is 12.8 Å². The molecule has 15 heavy (non-hydrogen) atoms. The van der Waals surface area contributed by atoms with E-state index >= 15 is 0 Å². The molecular formula is C13H27N2+. The topological polar surface area (TPSA) is 23.8 Å². The number of quaternary nitrogens is 1. The van der Waals surface area contributed by atoms with Crippen LogP contribution in [0.4, 0.5) is 0 Å². The second-order valence-electron chi connectivity index (χ2n) is 4.76. The molecule has 0 amide bonds. The van der Waals surface area contributed by atoms with Crippen LogP contribution in [0.15, 0.2) is 0 Å². The monoisotopic (exact) mass is 211 g/mol. The van der Waals surface area contributed by atoms with E-state index in [0.29, 0.717) is 6.42 Å². The number of nitriles is 1. The first kappa shape index (κ1) is 14.5. The van der Waals surface area contributed by atoms with Gasteiger partial charge in [-0.2, -0.15) is 5.26 Å².